The van der Waals surface area contributed by atoms with Gasteiger partial charge in [-0.3, -0.25) is 4.79 Å². The fraction of sp³-hybridized carbons (Fsp3) is 0.308. The van der Waals surface area contributed by atoms with E-state index in [4.69, 9.17) is 5.73 Å². The van der Waals surface area contributed by atoms with Crippen molar-refractivity contribution in [3.63, 3.8) is 0 Å². The molecular formula is C13H17N5O. The van der Waals surface area contributed by atoms with E-state index >= 15 is 0 Å². The first-order chi connectivity index (χ1) is 9.20. The second-order valence-corrected chi connectivity index (χ2v) is 4.25. The van der Waals surface area contributed by atoms with E-state index in [2.05, 4.69) is 15.6 Å². The van der Waals surface area contributed by atoms with E-state index in [0.717, 1.165) is 5.69 Å². The van der Waals surface area contributed by atoms with Gasteiger partial charge in [-0.25, -0.2) is 4.68 Å². The summed E-state index contributed by atoms with van der Waals surface area (Å²) >= 11 is 0. The number of nitrogens with zero attached hydrogens (tertiary/aromatic N) is 3. The third-order valence-electron chi connectivity index (χ3n) is 2.72. The predicted molar refractivity (Wildman–Crippen MR) is 71.6 cm³/mol. The van der Waals surface area contributed by atoms with E-state index in [0.29, 0.717) is 18.7 Å². The minimum absolute atomic E-state index is 0.0794. The molecule has 1 amide bonds. The molecule has 0 aliphatic carbocycles. The summed E-state index contributed by atoms with van der Waals surface area (Å²) in [5.74, 6) is -0.0794. The second-order valence-electron chi connectivity index (χ2n) is 4.25. The van der Waals surface area contributed by atoms with E-state index in [-0.39, 0.29) is 11.9 Å². The number of rotatable bonds is 5. The summed E-state index contributed by atoms with van der Waals surface area (Å²) < 4.78 is 1.68. The van der Waals surface area contributed by atoms with Gasteiger partial charge in [0.1, 0.15) is 5.69 Å². The average molecular weight is 259 g/mol. The summed E-state index contributed by atoms with van der Waals surface area (Å²) in [5, 5.41) is 11.0. The van der Waals surface area contributed by atoms with E-state index < -0.39 is 0 Å². The lowest BCUT2D eigenvalue weighted by Gasteiger charge is -2.09. The monoisotopic (exact) mass is 259 g/mol. The summed E-state index contributed by atoms with van der Waals surface area (Å²) in [6.07, 6.45) is 2.12. The van der Waals surface area contributed by atoms with Crippen molar-refractivity contribution in [2.45, 2.75) is 19.4 Å². The van der Waals surface area contributed by atoms with Crippen LogP contribution in [0.3, 0.4) is 0 Å². The molecule has 2 rings (SSSR count). The summed E-state index contributed by atoms with van der Waals surface area (Å²) in [6.45, 7) is 2.21. The largest absolute Gasteiger partial charge is 0.348 e. The highest BCUT2D eigenvalue weighted by Gasteiger charge is 2.13. The summed E-state index contributed by atoms with van der Waals surface area (Å²) in [4.78, 5) is 11.5. The van der Waals surface area contributed by atoms with Gasteiger partial charge in [0.2, 0.25) is 5.91 Å². The Labute approximate surface area is 111 Å². The Morgan fingerprint density at radius 3 is 2.84 bits per heavy atom. The van der Waals surface area contributed by atoms with Crippen LogP contribution in [0.15, 0.2) is 36.5 Å². The molecule has 6 heteroatoms. The van der Waals surface area contributed by atoms with Gasteiger partial charge in [-0.05, 0) is 19.1 Å². The molecule has 0 aliphatic rings. The Bertz CT molecular complexity index is 537. The Kier molecular flexibility index (Phi) is 4.25. The molecule has 1 aromatic carbocycles. The molecule has 1 unspecified atom stereocenters. The van der Waals surface area contributed by atoms with E-state index in [1.807, 2.05) is 43.5 Å². The molecule has 2 aromatic rings. The van der Waals surface area contributed by atoms with Crippen LogP contribution in [0.5, 0.6) is 0 Å². The van der Waals surface area contributed by atoms with Gasteiger partial charge >= 0.3 is 0 Å². The lowest BCUT2D eigenvalue weighted by Crippen LogP contribution is -2.28. The zero-order valence-corrected chi connectivity index (χ0v) is 10.8. The number of carbonyl (C=O) groups is 1. The van der Waals surface area contributed by atoms with Crippen LogP contribution in [-0.2, 0) is 4.79 Å². The maximum atomic E-state index is 11.5. The lowest BCUT2D eigenvalue weighted by molar-refractivity contribution is -0.121. The Balaban J connectivity index is 2.07. The molecule has 1 aromatic heterocycles. The number of benzene rings is 1. The molecular weight excluding hydrogens is 242 g/mol. The van der Waals surface area contributed by atoms with Crippen molar-refractivity contribution >= 4 is 5.91 Å². The predicted octanol–water partition coefficient (Wildman–Crippen LogP) is 0.793. The van der Waals surface area contributed by atoms with Gasteiger partial charge in [-0.15, -0.1) is 5.10 Å². The molecule has 3 N–H and O–H groups in total. The van der Waals surface area contributed by atoms with Gasteiger partial charge in [0.15, 0.2) is 0 Å². The molecule has 1 atom stereocenters. The Hall–Kier alpha value is -2.21. The van der Waals surface area contributed by atoms with Crippen LogP contribution in [0, 0.1) is 0 Å². The van der Waals surface area contributed by atoms with Crippen LogP contribution < -0.4 is 11.1 Å². The molecule has 100 valence electrons. The normalized spacial score (nSPS) is 12.1. The lowest BCUT2D eigenvalue weighted by atomic mass is 10.2. The quantitative estimate of drug-likeness (QED) is 0.831. The molecule has 0 fully saturated rings. The third kappa shape index (κ3) is 3.38. The highest BCUT2D eigenvalue weighted by atomic mass is 16.1. The number of nitrogens with two attached hydrogens (primary N) is 1. The smallest absolute Gasteiger partial charge is 0.221 e. The first kappa shape index (κ1) is 13.2. The third-order valence-corrected chi connectivity index (χ3v) is 2.72. The van der Waals surface area contributed by atoms with Crippen molar-refractivity contribution in [1.82, 2.24) is 20.3 Å². The van der Waals surface area contributed by atoms with Crippen LogP contribution in [0.25, 0.3) is 5.69 Å². The number of hydrogen-bond donors (Lipinski definition) is 2. The van der Waals surface area contributed by atoms with Crippen LogP contribution in [0.4, 0.5) is 0 Å². The van der Waals surface area contributed by atoms with Crippen LogP contribution in [-0.4, -0.2) is 27.4 Å². The van der Waals surface area contributed by atoms with Crippen LogP contribution >= 0.6 is 0 Å². The zero-order valence-electron chi connectivity index (χ0n) is 10.8. The van der Waals surface area contributed by atoms with Gasteiger partial charge in [0.05, 0.1) is 17.9 Å². The zero-order chi connectivity index (χ0) is 13.7. The summed E-state index contributed by atoms with van der Waals surface area (Å²) in [7, 11) is 0. The number of hydrogen-bond acceptors (Lipinski definition) is 4. The van der Waals surface area contributed by atoms with Crippen molar-refractivity contribution in [1.29, 1.82) is 0 Å². The number of carbonyl (C=O) groups excluding carboxylic acids is 1. The number of nitrogens with one attached hydrogen (secondary N) is 1. The van der Waals surface area contributed by atoms with Gasteiger partial charge in [-0.2, -0.15) is 0 Å². The first-order valence-corrected chi connectivity index (χ1v) is 6.18. The minimum atomic E-state index is -0.184. The maximum Gasteiger partial charge on any atom is 0.221 e. The molecule has 0 bridgehead atoms. The van der Waals surface area contributed by atoms with Crippen molar-refractivity contribution in [3.8, 4) is 5.69 Å². The maximum absolute atomic E-state index is 11.5. The molecule has 0 radical (unpaired) electrons. The first-order valence-electron chi connectivity index (χ1n) is 6.18. The molecule has 0 spiro atoms. The van der Waals surface area contributed by atoms with Crippen LogP contribution in [0.2, 0.25) is 0 Å². The number of amides is 1. The molecule has 0 saturated heterocycles. The highest BCUT2D eigenvalue weighted by Crippen LogP contribution is 2.11. The minimum Gasteiger partial charge on any atom is -0.348 e. The highest BCUT2D eigenvalue weighted by molar-refractivity contribution is 5.76. The number of aromatic nitrogens is 3. The van der Waals surface area contributed by atoms with Gasteiger partial charge in [-0.1, -0.05) is 23.4 Å². The molecule has 0 aliphatic heterocycles. The fourth-order valence-corrected chi connectivity index (χ4v) is 1.70. The Morgan fingerprint density at radius 2 is 2.16 bits per heavy atom. The molecule has 6 nitrogen and oxygen atoms in total. The summed E-state index contributed by atoms with van der Waals surface area (Å²) in [5.41, 5.74) is 6.98. The average Bonchev–Trinajstić information content (AvgIpc) is 2.89. The van der Waals surface area contributed by atoms with Crippen molar-refractivity contribution in [2.75, 3.05) is 6.54 Å². The van der Waals surface area contributed by atoms with Gasteiger partial charge in [0, 0.05) is 13.0 Å². The van der Waals surface area contributed by atoms with E-state index in [1.165, 1.54) is 0 Å². The topological polar surface area (TPSA) is 85.8 Å². The van der Waals surface area contributed by atoms with Crippen LogP contribution in [0.1, 0.15) is 25.1 Å². The number of para-hydroxylation sites is 1. The van der Waals surface area contributed by atoms with Crippen molar-refractivity contribution in [3.05, 3.63) is 42.2 Å². The molecule has 1 heterocycles. The molecule has 19 heavy (non-hydrogen) atoms. The van der Waals surface area contributed by atoms with Crippen molar-refractivity contribution < 1.29 is 4.79 Å². The second kappa shape index (κ2) is 6.10. The Morgan fingerprint density at radius 1 is 1.42 bits per heavy atom. The van der Waals surface area contributed by atoms with E-state index in [1.54, 1.807) is 4.68 Å². The SMILES string of the molecule is CC(NC(=O)CCN)c1cn(-c2ccccc2)nn1. The molecule has 0 saturated carbocycles. The van der Waals surface area contributed by atoms with Crippen molar-refractivity contribution in [2.24, 2.45) is 5.73 Å². The summed E-state index contributed by atoms with van der Waals surface area (Å²) in [6, 6.07) is 9.51. The van der Waals surface area contributed by atoms with E-state index in [9.17, 15) is 4.79 Å². The van der Waals surface area contributed by atoms with Gasteiger partial charge in [0.25, 0.3) is 0 Å². The fourth-order valence-electron chi connectivity index (χ4n) is 1.70. The van der Waals surface area contributed by atoms with Gasteiger partial charge < -0.3 is 11.1 Å². The standard InChI is InChI=1S/C13H17N5O/c1-10(15-13(19)7-8-14)12-9-18(17-16-12)11-5-3-2-4-6-11/h2-6,9-10H,7-8,14H2,1H3,(H,15,19).